The highest BCUT2D eigenvalue weighted by atomic mass is 15.1. The highest BCUT2D eigenvalue weighted by Crippen LogP contribution is 2.22. The van der Waals surface area contributed by atoms with E-state index in [0.717, 1.165) is 12.5 Å². The monoisotopic (exact) mass is 221 g/mol. The summed E-state index contributed by atoms with van der Waals surface area (Å²) in [4.78, 5) is 2.60. The molecule has 0 N–H and O–H groups in total. The van der Waals surface area contributed by atoms with E-state index in [4.69, 9.17) is 0 Å². The summed E-state index contributed by atoms with van der Waals surface area (Å²) in [5, 5.41) is 0. The number of hydrogen-bond acceptors (Lipinski definition) is 1. The minimum absolute atomic E-state index is 0.997. The van der Waals surface area contributed by atoms with Crippen LogP contribution in [0.25, 0.3) is 0 Å². The Kier molecular flexibility index (Phi) is 6.47. The fourth-order valence-electron chi connectivity index (χ4n) is 2.55. The lowest BCUT2D eigenvalue weighted by Crippen LogP contribution is -2.34. The van der Waals surface area contributed by atoms with Crippen LogP contribution in [-0.4, -0.2) is 24.5 Å². The summed E-state index contributed by atoms with van der Waals surface area (Å²) in [6.45, 7) is 10.3. The van der Waals surface area contributed by atoms with E-state index in [9.17, 15) is 0 Å². The first-order chi connectivity index (χ1) is 7.80. The molecule has 0 amide bonds. The van der Waals surface area contributed by atoms with Gasteiger partial charge in [-0.1, -0.05) is 38.0 Å². The molecule has 92 valence electrons. The largest absolute Gasteiger partial charge is 0.299 e. The van der Waals surface area contributed by atoms with E-state index >= 15 is 0 Å². The van der Waals surface area contributed by atoms with Crippen molar-refractivity contribution in [3.8, 4) is 0 Å². The number of rotatable bonds is 5. The molecule has 1 heterocycles. The molecule has 1 rings (SSSR count). The van der Waals surface area contributed by atoms with Crippen molar-refractivity contribution in [2.75, 3.05) is 19.6 Å². The van der Waals surface area contributed by atoms with Gasteiger partial charge < -0.3 is 0 Å². The Balaban J connectivity index is 2.31. The van der Waals surface area contributed by atoms with Crippen molar-refractivity contribution in [3.63, 3.8) is 0 Å². The van der Waals surface area contributed by atoms with Crippen molar-refractivity contribution in [1.29, 1.82) is 0 Å². The van der Waals surface area contributed by atoms with E-state index in [0.29, 0.717) is 0 Å². The molecule has 0 atom stereocenters. The minimum Gasteiger partial charge on any atom is -0.299 e. The second-order valence-corrected chi connectivity index (χ2v) is 4.87. The molecule has 1 aliphatic heterocycles. The van der Waals surface area contributed by atoms with Crippen LogP contribution in [0.5, 0.6) is 0 Å². The molecule has 0 saturated carbocycles. The maximum atomic E-state index is 2.60. The third-order valence-corrected chi connectivity index (χ3v) is 3.56. The molecular weight excluding hydrogens is 194 g/mol. The normalized spacial score (nSPS) is 20.8. The highest BCUT2D eigenvalue weighted by molar-refractivity contribution is 5.19. The van der Waals surface area contributed by atoms with Crippen LogP contribution >= 0.6 is 0 Å². The van der Waals surface area contributed by atoms with Crippen molar-refractivity contribution in [2.24, 2.45) is 5.92 Å². The Morgan fingerprint density at radius 2 is 1.94 bits per heavy atom. The van der Waals surface area contributed by atoms with Crippen molar-refractivity contribution in [1.82, 2.24) is 4.90 Å². The maximum Gasteiger partial charge on any atom is 0.0230 e. The number of allylic oxidation sites excluding steroid dienone is 2. The summed E-state index contributed by atoms with van der Waals surface area (Å²) in [6, 6.07) is 0. The molecule has 0 unspecified atom stereocenters. The van der Waals surface area contributed by atoms with Crippen molar-refractivity contribution >= 4 is 0 Å². The Labute approximate surface area is 101 Å². The summed E-state index contributed by atoms with van der Waals surface area (Å²) < 4.78 is 0. The van der Waals surface area contributed by atoms with Gasteiger partial charge in [-0.25, -0.2) is 0 Å². The van der Waals surface area contributed by atoms with Crippen LogP contribution in [0.2, 0.25) is 0 Å². The van der Waals surface area contributed by atoms with Crippen molar-refractivity contribution in [3.05, 3.63) is 23.8 Å². The van der Waals surface area contributed by atoms with Gasteiger partial charge >= 0.3 is 0 Å². The van der Waals surface area contributed by atoms with Crippen LogP contribution in [0.1, 0.15) is 46.5 Å². The molecule has 0 aromatic carbocycles. The molecule has 0 radical (unpaired) electrons. The minimum atomic E-state index is 0.997. The average molecular weight is 221 g/mol. The fraction of sp³-hybridized carbons (Fsp3) is 0.733. The Morgan fingerprint density at radius 3 is 2.44 bits per heavy atom. The molecule has 0 aromatic rings. The summed E-state index contributed by atoms with van der Waals surface area (Å²) in [5.74, 6) is 0.997. The molecule has 0 spiro atoms. The van der Waals surface area contributed by atoms with Gasteiger partial charge in [0.25, 0.3) is 0 Å². The molecule has 16 heavy (non-hydrogen) atoms. The van der Waals surface area contributed by atoms with E-state index in [1.807, 2.05) is 0 Å². The summed E-state index contributed by atoms with van der Waals surface area (Å²) in [5.41, 5.74) is 1.46. The zero-order chi connectivity index (χ0) is 11.8. The first-order valence-electron chi connectivity index (χ1n) is 6.80. The lowest BCUT2D eigenvalue weighted by atomic mass is 9.92. The fourth-order valence-corrected chi connectivity index (χ4v) is 2.55. The predicted octanol–water partition coefficient (Wildman–Crippen LogP) is 4.02. The van der Waals surface area contributed by atoms with E-state index in [-0.39, 0.29) is 0 Å². The Hall–Kier alpha value is -0.560. The number of nitrogens with zero attached hydrogens (tertiary/aromatic N) is 1. The molecule has 1 heteroatoms. The lowest BCUT2D eigenvalue weighted by Gasteiger charge is -2.32. The van der Waals surface area contributed by atoms with E-state index in [1.54, 1.807) is 0 Å². The van der Waals surface area contributed by atoms with Gasteiger partial charge in [0.05, 0.1) is 0 Å². The van der Waals surface area contributed by atoms with Crippen LogP contribution in [0.3, 0.4) is 0 Å². The van der Waals surface area contributed by atoms with Gasteiger partial charge in [0.15, 0.2) is 0 Å². The predicted molar refractivity (Wildman–Crippen MR) is 72.6 cm³/mol. The molecule has 1 fully saturated rings. The standard InChI is InChI=1S/C15H27N/c1-4-7-14(6-3)13-16-11-9-15(8-5-2)10-12-16/h4,6-7,15H,5,8-13H2,1-3H3/b7-4-,14-6+. The summed E-state index contributed by atoms with van der Waals surface area (Å²) >= 11 is 0. The third kappa shape index (κ3) is 4.52. The van der Waals surface area contributed by atoms with E-state index < -0.39 is 0 Å². The smallest absolute Gasteiger partial charge is 0.0230 e. The van der Waals surface area contributed by atoms with Crippen LogP contribution in [-0.2, 0) is 0 Å². The quantitative estimate of drug-likeness (QED) is 0.634. The molecule has 1 saturated heterocycles. The topological polar surface area (TPSA) is 3.24 Å². The van der Waals surface area contributed by atoms with Gasteiger partial charge in [0.2, 0.25) is 0 Å². The Bertz CT molecular complexity index is 232. The molecular formula is C15H27N. The first kappa shape index (κ1) is 13.5. The van der Waals surface area contributed by atoms with Crippen LogP contribution in [0.4, 0.5) is 0 Å². The lowest BCUT2D eigenvalue weighted by molar-refractivity contribution is 0.192. The van der Waals surface area contributed by atoms with Gasteiger partial charge in [0, 0.05) is 6.54 Å². The number of likely N-dealkylation sites (tertiary alicyclic amines) is 1. The first-order valence-corrected chi connectivity index (χ1v) is 6.80. The Morgan fingerprint density at radius 1 is 1.25 bits per heavy atom. The van der Waals surface area contributed by atoms with Crippen LogP contribution in [0.15, 0.2) is 23.8 Å². The summed E-state index contributed by atoms with van der Waals surface area (Å²) in [7, 11) is 0. The summed E-state index contributed by atoms with van der Waals surface area (Å²) in [6.07, 6.45) is 12.2. The van der Waals surface area contributed by atoms with E-state index in [2.05, 4.69) is 43.9 Å². The van der Waals surface area contributed by atoms with Gasteiger partial charge in [0.1, 0.15) is 0 Å². The van der Waals surface area contributed by atoms with Crippen molar-refractivity contribution in [2.45, 2.75) is 46.5 Å². The molecule has 0 aromatic heterocycles. The number of hydrogen-bond donors (Lipinski definition) is 0. The zero-order valence-electron chi connectivity index (χ0n) is 11.2. The SMILES string of the molecule is C/C=C\C(=C/C)CN1CCC(CCC)CC1. The van der Waals surface area contributed by atoms with E-state index in [1.165, 1.54) is 44.3 Å². The van der Waals surface area contributed by atoms with Crippen LogP contribution < -0.4 is 0 Å². The van der Waals surface area contributed by atoms with Gasteiger partial charge in [-0.3, -0.25) is 4.90 Å². The second kappa shape index (κ2) is 7.67. The van der Waals surface area contributed by atoms with Gasteiger partial charge in [-0.2, -0.15) is 0 Å². The van der Waals surface area contributed by atoms with Crippen molar-refractivity contribution < 1.29 is 0 Å². The molecule has 1 nitrogen and oxygen atoms in total. The molecule has 0 bridgehead atoms. The molecule has 1 aliphatic rings. The average Bonchev–Trinajstić information content (AvgIpc) is 2.31. The highest BCUT2D eigenvalue weighted by Gasteiger charge is 2.18. The maximum absolute atomic E-state index is 2.60. The number of piperidine rings is 1. The second-order valence-electron chi connectivity index (χ2n) is 4.87. The van der Waals surface area contributed by atoms with Gasteiger partial charge in [-0.15, -0.1) is 0 Å². The van der Waals surface area contributed by atoms with Gasteiger partial charge in [-0.05, 0) is 51.3 Å². The van der Waals surface area contributed by atoms with Crippen LogP contribution in [0, 0.1) is 5.92 Å². The third-order valence-electron chi connectivity index (χ3n) is 3.56. The zero-order valence-corrected chi connectivity index (χ0v) is 11.2. The molecule has 0 aliphatic carbocycles.